The highest BCUT2D eigenvalue weighted by Crippen LogP contribution is 2.44. The number of likely N-dealkylation sites (N-methyl/N-ethyl adjacent to an activating group) is 1. The molecule has 100 valence electrons. The molecule has 4 N–H and O–H groups in total. The lowest BCUT2D eigenvalue weighted by Crippen LogP contribution is -2.53. The third-order valence-electron chi connectivity index (χ3n) is 2.56. The Hall–Kier alpha value is -1.24. The molecule has 0 aliphatic heterocycles. The maximum absolute atomic E-state index is 11.1. The number of hydrogen-bond donors (Lipinski definition) is 4. The summed E-state index contributed by atoms with van der Waals surface area (Å²) < 4.78 is 11.2. The lowest BCUT2D eigenvalue weighted by Gasteiger charge is -2.33. The van der Waals surface area contributed by atoms with Crippen molar-refractivity contribution in [1.82, 2.24) is 4.67 Å². The van der Waals surface area contributed by atoms with Crippen molar-refractivity contribution in [2.45, 2.75) is 12.1 Å². The molecule has 0 unspecified atom stereocenters. The van der Waals surface area contributed by atoms with E-state index in [1.807, 2.05) is 0 Å². The fourth-order valence-electron chi connectivity index (χ4n) is 1.42. The van der Waals surface area contributed by atoms with E-state index in [1.54, 1.807) is 30.3 Å². The minimum Gasteiger partial charge on any atom is -0.478 e. The Kier molecular flexibility index (Phi) is 4.26. The van der Waals surface area contributed by atoms with Gasteiger partial charge in [0.15, 0.2) is 0 Å². The number of carboxylic acid groups (broad SMARTS) is 1. The van der Waals surface area contributed by atoms with E-state index in [-0.39, 0.29) is 4.67 Å². The smallest absolute Gasteiger partial charge is 0.405 e. The molecule has 1 atom stereocenters. The van der Waals surface area contributed by atoms with E-state index in [9.17, 15) is 14.5 Å². The summed E-state index contributed by atoms with van der Waals surface area (Å²) in [7, 11) is -4.01. The third-order valence-corrected chi connectivity index (χ3v) is 3.67. The fraction of sp³-hybridized carbons (Fsp3) is 0.300. The number of nitrogens with zero attached hydrogens (tertiary/aromatic N) is 1. The van der Waals surface area contributed by atoms with Crippen molar-refractivity contribution in [3.8, 4) is 0 Å². The van der Waals surface area contributed by atoms with Crippen LogP contribution >= 0.6 is 7.75 Å². The first kappa shape index (κ1) is 14.8. The summed E-state index contributed by atoms with van der Waals surface area (Å²) in [6, 6.07) is 8.09. The summed E-state index contributed by atoms with van der Waals surface area (Å²) >= 11 is 0. The van der Waals surface area contributed by atoms with Crippen molar-refractivity contribution < 1.29 is 29.4 Å². The van der Waals surface area contributed by atoms with Gasteiger partial charge >= 0.3 is 13.7 Å². The third kappa shape index (κ3) is 3.16. The average Bonchev–Trinajstić information content (AvgIpc) is 2.27. The average molecular weight is 275 g/mol. The Balaban J connectivity index is 3.10. The second-order valence-electron chi connectivity index (χ2n) is 3.82. The van der Waals surface area contributed by atoms with Crippen LogP contribution in [0.4, 0.5) is 0 Å². The van der Waals surface area contributed by atoms with E-state index in [4.69, 9.17) is 14.9 Å². The number of aliphatic hydroxyl groups is 1. The Morgan fingerprint density at radius 3 is 2.22 bits per heavy atom. The Morgan fingerprint density at radius 2 is 1.83 bits per heavy atom. The number of carboxylic acids is 1. The van der Waals surface area contributed by atoms with Gasteiger partial charge in [0, 0.05) is 13.5 Å². The molecule has 0 bridgehead atoms. The molecule has 0 fully saturated rings. The number of hydrogen-bond acceptors (Lipinski definition) is 3. The summed E-state index contributed by atoms with van der Waals surface area (Å²) in [6.07, 6.45) is -0.440. The summed E-state index contributed by atoms with van der Waals surface area (Å²) in [5.74, 6) is -1.72. The monoisotopic (exact) mass is 275 g/mol. The van der Waals surface area contributed by atoms with Crippen molar-refractivity contribution >= 4 is 13.7 Å². The molecule has 0 saturated heterocycles. The number of aliphatic carboxylic acids is 1. The molecule has 0 spiro atoms. The van der Waals surface area contributed by atoms with Crippen LogP contribution < -0.4 is 0 Å². The second-order valence-corrected chi connectivity index (χ2v) is 5.45. The highest BCUT2D eigenvalue weighted by Gasteiger charge is 2.47. The molecule has 1 rings (SSSR count). The molecule has 0 saturated carbocycles. The van der Waals surface area contributed by atoms with Crippen LogP contribution in [-0.2, 0) is 15.8 Å². The molecule has 0 aliphatic rings. The van der Waals surface area contributed by atoms with Crippen molar-refractivity contribution in [2.75, 3.05) is 7.05 Å². The van der Waals surface area contributed by atoms with Gasteiger partial charge in [-0.25, -0.2) is 9.36 Å². The molecule has 8 heteroatoms. The zero-order valence-electron chi connectivity index (χ0n) is 9.59. The summed E-state index contributed by atoms with van der Waals surface area (Å²) in [4.78, 5) is 29.0. The van der Waals surface area contributed by atoms with E-state index in [1.165, 1.54) is 0 Å². The highest BCUT2D eigenvalue weighted by atomic mass is 31.2. The van der Waals surface area contributed by atoms with Crippen molar-refractivity contribution in [3.63, 3.8) is 0 Å². The molecule has 0 amide bonds. The van der Waals surface area contributed by atoms with Crippen LogP contribution in [0.2, 0.25) is 0 Å². The first-order valence-electron chi connectivity index (χ1n) is 4.97. The minimum atomic E-state index is -4.87. The van der Waals surface area contributed by atoms with Crippen LogP contribution in [-0.4, -0.2) is 43.4 Å². The van der Waals surface area contributed by atoms with Gasteiger partial charge in [0.25, 0.3) is 0 Å². The first-order valence-corrected chi connectivity index (χ1v) is 6.54. The molecule has 0 aromatic heterocycles. The van der Waals surface area contributed by atoms with Gasteiger partial charge in [0.1, 0.15) is 0 Å². The quantitative estimate of drug-likeness (QED) is 0.442. The van der Waals surface area contributed by atoms with E-state index in [0.29, 0.717) is 5.56 Å². The van der Waals surface area contributed by atoms with Crippen LogP contribution in [0.3, 0.4) is 0 Å². The van der Waals surface area contributed by atoms with Crippen LogP contribution in [0.15, 0.2) is 30.3 Å². The summed E-state index contributed by atoms with van der Waals surface area (Å²) in [5.41, 5.74) is -2.22. The van der Waals surface area contributed by atoms with E-state index in [0.717, 1.165) is 7.05 Å². The number of carbonyl (C=O) groups is 1. The van der Waals surface area contributed by atoms with Crippen LogP contribution in [0, 0.1) is 0 Å². The van der Waals surface area contributed by atoms with Gasteiger partial charge in [-0.2, -0.15) is 4.67 Å². The normalized spacial score (nSPS) is 15.4. The molecule has 0 heterocycles. The maximum atomic E-state index is 11.1. The van der Waals surface area contributed by atoms with E-state index < -0.39 is 25.9 Å². The fourth-order valence-corrected chi connectivity index (χ4v) is 2.01. The molecule has 0 radical (unpaired) electrons. The van der Waals surface area contributed by atoms with Gasteiger partial charge in [-0.15, -0.1) is 0 Å². The Bertz CT molecular complexity index is 473. The minimum absolute atomic E-state index is 0.148. The predicted molar refractivity (Wildman–Crippen MR) is 62.5 cm³/mol. The van der Waals surface area contributed by atoms with Gasteiger partial charge in [-0.1, -0.05) is 30.3 Å². The van der Waals surface area contributed by atoms with Gasteiger partial charge in [0.2, 0.25) is 5.72 Å². The molecule has 1 aromatic rings. The number of benzene rings is 1. The zero-order chi connectivity index (χ0) is 14.0. The van der Waals surface area contributed by atoms with Gasteiger partial charge in [0.05, 0.1) is 0 Å². The SMILES string of the molecule is CN([C@@](O)(Cc1ccccc1)C(=O)O)P(=O)(O)O. The number of rotatable bonds is 5. The predicted octanol–water partition coefficient (Wildman–Crippen LogP) is 0.0268. The van der Waals surface area contributed by atoms with Crippen molar-refractivity contribution in [3.05, 3.63) is 35.9 Å². The van der Waals surface area contributed by atoms with Crippen molar-refractivity contribution in [1.29, 1.82) is 0 Å². The van der Waals surface area contributed by atoms with Crippen LogP contribution in [0.1, 0.15) is 5.56 Å². The topological polar surface area (TPSA) is 118 Å². The first-order chi connectivity index (χ1) is 8.18. The zero-order valence-corrected chi connectivity index (χ0v) is 10.5. The maximum Gasteiger partial charge on any atom is 0.405 e. The molecular weight excluding hydrogens is 261 g/mol. The van der Waals surface area contributed by atoms with E-state index >= 15 is 0 Å². The summed E-state index contributed by atoms with van der Waals surface area (Å²) in [5, 5.41) is 19.0. The second kappa shape index (κ2) is 5.17. The van der Waals surface area contributed by atoms with Gasteiger partial charge < -0.3 is 20.0 Å². The molecule has 18 heavy (non-hydrogen) atoms. The molecular formula is C10H14NO6P. The summed E-state index contributed by atoms with van der Waals surface area (Å²) in [6.45, 7) is 0. The Labute approximate surface area is 104 Å². The van der Waals surface area contributed by atoms with Crippen molar-refractivity contribution in [2.24, 2.45) is 0 Å². The highest BCUT2D eigenvalue weighted by molar-refractivity contribution is 7.49. The Morgan fingerprint density at radius 1 is 1.33 bits per heavy atom. The molecule has 0 aliphatic carbocycles. The standard InChI is InChI=1S/C10H14NO6P/c1-11(18(15,16)17)10(14,9(12)13)7-8-5-3-2-4-6-8/h2-6,14H,7H2,1H3,(H,12,13)(H2,15,16,17)/t10-/m1/s1. The lowest BCUT2D eigenvalue weighted by atomic mass is 10.0. The van der Waals surface area contributed by atoms with E-state index in [2.05, 4.69) is 0 Å². The largest absolute Gasteiger partial charge is 0.478 e. The molecule has 1 aromatic carbocycles. The van der Waals surface area contributed by atoms with Crippen LogP contribution in [0.5, 0.6) is 0 Å². The van der Waals surface area contributed by atoms with Crippen LogP contribution in [0.25, 0.3) is 0 Å². The molecule has 7 nitrogen and oxygen atoms in total. The van der Waals surface area contributed by atoms with Gasteiger partial charge in [-0.3, -0.25) is 0 Å². The van der Waals surface area contributed by atoms with Gasteiger partial charge in [-0.05, 0) is 5.56 Å². The lowest BCUT2D eigenvalue weighted by molar-refractivity contribution is -0.172.